The van der Waals surface area contributed by atoms with Crippen molar-refractivity contribution < 1.29 is 23.5 Å². The van der Waals surface area contributed by atoms with Gasteiger partial charge in [0.1, 0.15) is 6.54 Å². The molecule has 0 aliphatic carbocycles. The first-order chi connectivity index (χ1) is 8.63. The van der Waals surface area contributed by atoms with Crippen LogP contribution in [0.4, 0.5) is 4.39 Å². The average molecular weight is 255 g/mol. The highest BCUT2D eigenvalue weighted by Crippen LogP contribution is 2.14. The Morgan fingerprint density at radius 2 is 2.06 bits per heavy atom. The Hall–Kier alpha value is -2.11. The minimum absolute atomic E-state index is 0.0104. The number of carbonyl (C=O) groups excluding carboxylic acids is 2. The van der Waals surface area contributed by atoms with E-state index in [1.54, 1.807) is 13.0 Å². The molecule has 1 N–H and O–H groups in total. The number of nitrogens with one attached hydrogen (secondary N) is 1. The van der Waals surface area contributed by atoms with Crippen molar-refractivity contribution in [1.29, 1.82) is 0 Å². The van der Waals surface area contributed by atoms with Gasteiger partial charge in [0, 0.05) is 0 Å². The zero-order chi connectivity index (χ0) is 13.4. The molecule has 0 fully saturated rings. The first-order valence-electron chi connectivity index (χ1n) is 5.43. The Labute approximate surface area is 104 Å². The van der Waals surface area contributed by atoms with Crippen molar-refractivity contribution >= 4 is 11.9 Å². The highest BCUT2D eigenvalue weighted by molar-refractivity contribution is 5.82. The molecule has 0 bridgehead atoms. The van der Waals surface area contributed by atoms with E-state index < -0.39 is 17.7 Å². The van der Waals surface area contributed by atoms with Crippen LogP contribution in [0.1, 0.15) is 6.92 Å². The van der Waals surface area contributed by atoms with Crippen molar-refractivity contribution in [3.63, 3.8) is 0 Å². The second-order valence-corrected chi connectivity index (χ2v) is 3.30. The summed E-state index contributed by atoms with van der Waals surface area (Å²) < 4.78 is 22.7. The number of ether oxygens (including phenoxy) is 2. The van der Waals surface area contributed by atoms with E-state index >= 15 is 0 Å². The topological polar surface area (TPSA) is 64.6 Å². The summed E-state index contributed by atoms with van der Waals surface area (Å²) in [6, 6.07) is 5.75. The molecule has 98 valence electrons. The second-order valence-electron chi connectivity index (χ2n) is 3.30. The van der Waals surface area contributed by atoms with E-state index in [0.717, 1.165) is 0 Å². The lowest BCUT2D eigenvalue weighted by atomic mass is 10.3. The SMILES string of the molecule is CCOC(=O)CNC(=O)COc1ccccc1F. The van der Waals surface area contributed by atoms with Gasteiger partial charge in [-0.25, -0.2) is 4.39 Å². The van der Waals surface area contributed by atoms with E-state index in [1.165, 1.54) is 18.2 Å². The summed E-state index contributed by atoms with van der Waals surface area (Å²) in [6.45, 7) is 1.33. The minimum atomic E-state index is -0.546. The van der Waals surface area contributed by atoms with Gasteiger partial charge in [-0.2, -0.15) is 0 Å². The molecule has 1 aromatic carbocycles. The van der Waals surface area contributed by atoms with Crippen LogP contribution in [-0.4, -0.2) is 31.6 Å². The summed E-state index contributed by atoms with van der Waals surface area (Å²) in [7, 11) is 0. The van der Waals surface area contributed by atoms with Gasteiger partial charge >= 0.3 is 5.97 Å². The number of hydrogen-bond acceptors (Lipinski definition) is 4. The molecule has 6 heteroatoms. The summed E-state index contributed by atoms with van der Waals surface area (Å²) in [4.78, 5) is 22.2. The van der Waals surface area contributed by atoms with E-state index in [1.807, 2.05) is 0 Å². The Balaban J connectivity index is 2.29. The number of para-hydroxylation sites is 1. The van der Waals surface area contributed by atoms with Crippen LogP contribution in [0.15, 0.2) is 24.3 Å². The van der Waals surface area contributed by atoms with Crippen molar-refractivity contribution in [3.05, 3.63) is 30.1 Å². The monoisotopic (exact) mass is 255 g/mol. The van der Waals surface area contributed by atoms with Gasteiger partial charge in [-0.3, -0.25) is 9.59 Å². The summed E-state index contributed by atoms with van der Waals surface area (Å²) in [5.74, 6) is -1.61. The predicted molar refractivity (Wildman–Crippen MR) is 61.5 cm³/mol. The van der Waals surface area contributed by atoms with Gasteiger partial charge in [0.05, 0.1) is 6.61 Å². The normalized spacial score (nSPS) is 9.67. The van der Waals surface area contributed by atoms with Gasteiger partial charge < -0.3 is 14.8 Å². The smallest absolute Gasteiger partial charge is 0.325 e. The Morgan fingerprint density at radius 3 is 2.72 bits per heavy atom. The largest absolute Gasteiger partial charge is 0.481 e. The lowest BCUT2D eigenvalue weighted by molar-refractivity contribution is -0.143. The zero-order valence-corrected chi connectivity index (χ0v) is 9.94. The van der Waals surface area contributed by atoms with E-state index in [2.05, 4.69) is 10.1 Å². The number of rotatable bonds is 6. The highest BCUT2D eigenvalue weighted by atomic mass is 19.1. The summed E-state index contributed by atoms with van der Waals surface area (Å²) >= 11 is 0. The molecule has 1 rings (SSSR count). The molecule has 18 heavy (non-hydrogen) atoms. The van der Waals surface area contributed by atoms with Crippen molar-refractivity contribution in [1.82, 2.24) is 5.32 Å². The van der Waals surface area contributed by atoms with Crippen LogP contribution >= 0.6 is 0 Å². The molecule has 1 amide bonds. The fraction of sp³-hybridized carbons (Fsp3) is 0.333. The van der Waals surface area contributed by atoms with Crippen LogP contribution in [0.2, 0.25) is 0 Å². The molecule has 1 aromatic rings. The fourth-order valence-electron chi connectivity index (χ4n) is 1.14. The van der Waals surface area contributed by atoms with E-state index in [-0.39, 0.29) is 25.5 Å². The molecular weight excluding hydrogens is 241 g/mol. The number of amides is 1. The fourth-order valence-corrected chi connectivity index (χ4v) is 1.14. The number of hydrogen-bond donors (Lipinski definition) is 1. The van der Waals surface area contributed by atoms with Gasteiger partial charge in [0.25, 0.3) is 5.91 Å². The molecule has 0 heterocycles. The molecule has 0 unspecified atom stereocenters. The van der Waals surface area contributed by atoms with E-state index in [0.29, 0.717) is 0 Å². The maximum Gasteiger partial charge on any atom is 0.325 e. The van der Waals surface area contributed by atoms with Crippen LogP contribution in [0, 0.1) is 5.82 Å². The van der Waals surface area contributed by atoms with Gasteiger partial charge in [0.2, 0.25) is 0 Å². The van der Waals surface area contributed by atoms with Gasteiger partial charge in [0.15, 0.2) is 18.2 Å². The van der Waals surface area contributed by atoms with Crippen molar-refractivity contribution in [2.75, 3.05) is 19.8 Å². The number of esters is 1. The standard InChI is InChI=1S/C12H14FNO4/c1-2-17-12(16)7-14-11(15)8-18-10-6-4-3-5-9(10)13/h3-6H,2,7-8H2,1H3,(H,14,15). The molecule has 0 radical (unpaired) electrons. The molecule has 0 saturated carbocycles. The molecule has 0 aromatic heterocycles. The molecular formula is C12H14FNO4. The van der Waals surface area contributed by atoms with Gasteiger partial charge in [-0.15, -0.1) is 0 Å². The Bertz CT molecular complexity index is 422. The quantitative estimate of drug-likeness (QED) is 0.766. The molecule has 0 spiro atoms. The van der Waals surface area contributed by atoms with Crippen molar-refractivity contribution in [2.24, 2.45) is 0 Å². The number of benzene rings is 1. The third kappa shape index (κ3) is 4.82. The molecule has 0 atom stereocenters. The minimum Gasteiger partial charge on any atom is -0.481 e. The lowest BCUT2D eigenvalue weighted by Gasteiger charge is -2.07. The van der Waals surface area contributed by atoms with Crippen molar-refractivity contribution in [2.45, 2.75) is 6.92 Å². The molecule has 0 saturated heterocycles. The zero-order valence-electron chi connectivity index (χ0n) is 9.94. The van der Waals surface area contributed by atoms with Crippen LogP contribution < -0.4 is 10.1 Å². The van der Waals surface area contributed by atoms with E-state index in [9.17, 15) is 14.0 Å². The third-order valence-electron chi connectivity index (χ3n) is 1.93. The third-order valence-corrected chi connectivity index (χ3v) is 1.93. The maximum absolute atomic E-state index is 13.1. The predicted octanol–water partition coefficient (Wildman–Crippen LogP) is 0.884. The van der Waals surface area contributed by atoms with Crippen molar-refractivity contribution in [3.8, 4) is 5.75 Å². The van der Waals surface area contributed by atoms with E-state index in [4.69, 9.17) is 4.74 Å². The van der Waals surface area contributed by atoms with Crippen LogP contribution in [0.3, 0.4) is 0 Å². The van der Waals surface area contributed by atoms with Gasteiger partial charge in [-0.1, -0.05) is 12.1 Å². The maximum atomic E-state index is 13.1. The molecule has 0 aliphatic heterocycles. The summed E-state index contributed by atoms with van der Waals surface area (Å²) in [5.41, 5.74) is 0. The average Bonchev–Trinajstić information content (AvgIpc) is 2.36. The lowest BCUT2D eigenvalue weighted by Crippen LogP contribution is -2.34. The second kappa shape index (κ2) is 7.26. The number of carbonyl (C=O) groups is 2. The van der Waals surface area contributed by atoms with Crippen LogP contribution in [0.5, 0.6) is 5.75 Å². The molecule has 0 aliphatic rings. The van der Waals surface area contributed by atoms with Crippen LogP contribution in [0.25, 0.3) is 0 Å². The van der Waals surface area contributed by atoms with Crippen LogP contribution in [-0.2, 0) is 14.3 Å². The highest BCUT2D eigenvalue weighted by Gasteiger charge is 2.08. The first-order valence-corrected chi connectivity index (χ1v) is 5.43. The summed E-state index contributed by atoms with van der Waals surface area (Å²) in [6.07, 6.45) is 0. The van der Waals surface area contributed by atoms with Gasteiger partial charge in [-0.05, 0) is 19.1 Å². The summed E-state index contributed by atoms with van der Waals surface area (Å²) in [5, 5.41) is 2.30. The Kier molecular flexibility index (Phi) is 5.63. The number of halogens is 1. The molecule has 5 nitrogen and oxygen atoms in total. The Morgan fingerprint density at radius 1 is 1.33 bits per heavy atom. The first kappa shape index (κ1) is 14.0.